The first-order valence-corrected chi connectivity index (χ1v) is 9.06. The molecule has 1 aliphatic carbocycles. The minimum atomic E-state index is -0.289. The van der Waals surface area contributed by atoms with Crippen molar-refractivity contribution in [2.75, 3.05) is 31.1 Å². The predicted molar refractivity (Wildman–Crippen MR) is 90.7 cm³/mol. The summed E-state index contributed by atoms with van der Waals surface area (Å²) in [5, 5.41) is 3.06. The highest BCUT2D eigenvalue weighted by Gasteiger charge is 2.46. The summed E-state index contributed by atoms with van der Waals surface area (Å²) in [6.45, 7) is 5.33. The number of carbonyl (C=O) groups is 1. The summed E-state index contributed by atoms with van der Waals surface area (Å²) < 4.78 is 5.88. The first-order valence-electron chi connectivity index (χ1n) is 9.06. The summed E-state index contributed by atoms with van der Waals surface area (Å²) in [5.41, 5.74) is 1.13. The standard InChI is InChI=1S/C18H26N4O2/c1-13-8-20-17(21-9-13)22-6-2-5-18(11-22)7-15(24-12-18)16(23)19-10-14-3-4-14/h8-9,14-15H,2-7,10-12H2,1H3,(H,19,23)/t15-,18+/m1/s1. The lowest BCUT2D eigenvalue weighted by Gasteiger charge is -2.39. The number of hydrogen-bond donors (Lipinski definition) is 1. The van der Waals surface area contributed by atoms with Crippen LogP contribution < -0.4 is 10.2 Å². The average molecular weight is 330 g/mol. The molecular weight excluding hydrogens is 304 g/mol. The molecule has 1 aromatic rings. The molecule has 24 heavy (non-hydrogen) atoms. The lowest BCUT2D eigenvalue weighted by atomic mass is 9.78. The largest absolute Gasteiger partial charge is 0.368 e. The van der Waals surface area contributed by atoms with Crippen LogP contribution in [0.3, 0.4) is 0 Å². The fraction of sp³-hybridized carbons (Fsp3) is 0.722. The van der Waals surface area contributed by atoms with Gasteiger partial charge in [-0.25, -0.2) is 9.97 Å². The van der Waals surface area contributed by atoms with Crippen molar-refractivity contribution in [3.63, 3.8) is 0 Å². The van der Waals surface area contributed by atoms with Crippen molar-refractivity contribution < 1.29 is 9.53 Å². The Hall–Kier alpha value is -1.69. The predicted octanol–water partition coefficient (Wildman–Crippen LogP) is 1.69. The van der Waals surface area contributed by atoms with Crippen molar-refractivity contribution in [3.05, 3.63) is 18.0 Å². The second-order valence-corrected chi connectivity index (χ2v) is 7.78. The Bertz CT molecular complexity index is 602. The highest BCUT2D eigenvalue weighted by Crippen LogP contribution is 2.41. The number of aryl methyl sites for hydroxylation is 1. The molecule has 130 valence electrons. The molecule has 6 nitrogen and oxygen atoms in total. The maximum atomic E-state index is 12.3. The number of hydrogen-bond acceptors (Lipinski definition) is 5. The molecule has 0 bridgehead atoms. The van der Waals surface area contributed by atoms with Gasteiger partial charge in [-0.2, -0.15) is 0 Å². The maximum Gasteiger partial charge on any atom is 0.249 e. The van der Waals surface area contributed by atoms with Gasteiger partial charge in [0.1, 0.15) is 6.10 Å². The lowest BCUT2D eigenvalue weighted by molar-refractivity contribution is -0.130. The fourth-order valence-corrected chi connectivity index (χ4v) is 3.85. The lowest BCUT2D eigenvalue weighted by Crippen LogP contribution is -2.45. The van der Waals surface area contributed by atoms with Gasteiger partial charge in [0.2, 0.25) is 11.9 Å². The molecule has 2 atom stereocenters. The van der Waals surface area contributed by atoms with E-state index in [0.29, 0.717) is 12.5 Å². The molecule has 1 amide bonds. The minimum absolute atomic E-state index is 0.0636. The van der Waals surface area contributed by atoms with Gasteiger partial charge in [-0.15, -0.1) is 0 Å². The van der Waals surface area contributed by atoms with Gasteiger partial charge in [0.15, 0.2) is 0 Å². The second-order valence-electron chi connectivity index (χ2n) is 7.78. The van der Waals surface area contributed by atoms with Gasteiger partial charge in [0, 0.05) is 37.4 Å². The van der Waals surface area contributed by atoms with Crippen molar-refractivity contribution in [2.24, 2.45) is 11.3 Å². The van der Waals surface area contributed by atoms with Gasteiger partial charge in [0.05, 0.1) is 6.61 Å². The number of carbonyl (C=O) groups excluding carboxylic acids is 1. The monoisotopic (exact) mass is 330 g/mol. The van der Waals surface area contributed by atoms with E-state index in [-0.39, 0.29) is 17.4 Å². The van der Waals surface area contributed by atoms with Crippen LogP contribution in [0.1, 0.15) is 37.7 Å². The van der Waals surface area contributed by atoms with Gasteiger partial charge in [-0.05, 0) is 50.5 Å². The Labute approximate surface area is 143 Å². The number of amides is 1. The van der Waals surface area contributed by atoms with Crippen LogP contribution in [0.2, 0.25) is 0 Å². The number of aromatic nitrogens is 2. The summed E-state index contributed by atoms with van der Waals surface area (Å²) in [6, 6.07) is 0. The molecule has 0 unspecified atom stereocenters. The van der Waals surface area contributed by atoms with Crippen LogP contribution in [0.5, 0.6) is 0 Å². The molecule has 0 radical (unpaired) electrons. The third-order valence-electron chi connectivity index (χ3n) is 5.47. The molecule has 1 N–H and O–H groups in total. The summed E-state index contributed by atoms with van der Waals surface area (Å²) in [7, 11) is 0. The van der Waals surface area contributed by atoms with Gasteiger partial charge in [0.25, 0.3) is 0 Å². The molecule has 0 aromatic carbocycles. The van der Waals surface area contributed by atoms with E-state index < -0.39 is 0 Å². The molecule has 1 saturated carbocycles. The number of anilines is 1. The number of nitrogens with zero attached hydrogens (tertiary/aromatic N) is 3. The third kappa shape index (κ3) is 3.38. The zero-order chi connectivity index (χ0) is 16.6. The van der Waals surface area contributed by atoms with Crippen molar-refractivity contribution in [1.82, 2.24) is 15.3 Å². The summed E-state index contributed by atoms with van der Waals surface area (Å²) in [5.74, 6) is 1.57. The smallest absolute Gasteiger partial charge is 0.249 e. The Morgan fingerprint density at radius 1 is 1.42 bits per heavy atom. The highest BCUT2D eigenvalue weighted by molar-refractivity contribution is 5.81. The van der Waals surface area contributed by atoms with Gasteiger partial charge in [-0.3, -0.25) is 4.79 Å². The Morgan fingerprint density at radius 2 is 2.21 bits per heavy atom. The SMILES string of the molecule is Cc1cnc(N2CCC[C@@]3(CO[C@@H](C(=O)NCC4CC4)C3)C2)nc1. The Kier molecular flexibility index (Phi) is 4.16. The van der Waals surface area contributed by atoms with Crippen molar-refractivity contribution in [1.29, 1.82) is 0 Å². The van der Waals surface area contributed by atoms with E-state index in [1.54, 1.807) is 0 Å². The Balaban J connectivity index is 1.37. The maximum absolute atomic E-state index is 12.3. The minimum Gasteiger partial charge on any atom is -0.368 e. The third-order valence-corrected chi connectivity index (χ3v) is 5.47. The van der Waals surface area contributed by atoms with Crippen LogP contribution in [0.25, 0.3) is 0 Å². The average Bonchev–Trinajstić information content (AvgIpc) is 3.34. The molecule has 2 aliphatic heterocycles. The fourth-order valence-electron chi connectivity index (χ4n) is 3.85. The first kappa shape index (κ1) is 15.8. The van der Waals surface area contributed by atoms with E-state index in [2.05, 4.69) is 20.2 Å². The van der Waals surface area contributed by atoms with Crippen LogP contribution >= 0.6 is 0 Å². The van der Waals surface area contributed by atoms with Crippen molar-refractivity contribution in [3.8, 4) is 0 Å². The molecule has 2 saturated heterocycles. The zero-order valence-electron chi connectivity index (χ0n) is 14.3. The first-order chi connectivity index (χ1) is 11.6. The van der Waals surface area contributed by atoms with Crippen LogP contribution in [-0.4, -0.2) is 48.2 Å². The molecule has 6 heteroatoms. The molecule has 3 fully saturated rings. The molecule has 1 aromatic heterocycles. The van der Waals surface area contributed by atoms with E-state index in [9.17, 15) is 4.79 Å². The molecule has 1 spiro atoms. The second kappa shape index (κ2) is 6.31. The molecule has 4 rings (SSSR count). The normalized spacial score (nSPS) is 29.9. The topological polar surface area (TPSA) is 67.4 Å². The van der Waals surface area contributed by atoms with Crippen molar-refractivity contribution in [2.45, 2.75) is 45.1 Å². The molecular formula is C18H26N4O2. The number of piperidine rings is 1. The van der Waals surface area contributed by atoms with E-state index >= 15 is 0 Å². The number of nitrogens with one attached hydrogen (secondary N) is 1. The van der Waals surface area contributed by atoms with E-state index in [1.807, 2.05) is 19.3 Å². The summed E-state index contributed by atoms with van der Waals surface area (Å²) in [4.78, 5) is 23.5. The highest BCUT2D eigenvalue weighted by atomic mass is 16.5. The van der Waals surface area contributed by atoms with Crippen LogP contribution in [0, 0.1) is 18.3 Å². The van der Waals surface area contributed by atoms with Gasteiger partial charge < -0.3 is 15.0 Å². The molecule has 3 aliphatic rings. The summed E-state index contributed by atoms with van der Waals surface area (Å²) in [6.07, 6.45) is 8.96. The quantitative estimate of drug-likeness (QED) is 0.910. The number of ether oxygens (including phenoxy) is 1. The Morgan fingerprint density at radius 3 is 2.96 bits per heavy atom. The van der Waals surface area contributed by atoms with Crippen LogP contribution in [0.4, 0.5) is 5.95 Å². The van der Waals surface area contributed by atoms with Crippen molar-refractivity contribution >= 4 is 11.9 Å². The van der Waals surface area contributed by atoms with Gasteiger partial charge in [-0.1, -0.05) is 0 Å². The number of rotatable bonds is 4. The van der Waals surface area contributed by atoms with Crippen LogP contribution in [0.15, 0.2) is 12.4 Å². The van der Waals surface area contributed by atoms with Crippen LogP contribution in [-0.2, 0) is 9.53 Å². The van der Waals surface area contributed by atoms with E-state index in [0.717, 1.165) is 50.4 Å². The zero-order valence-corrected chi connectivity index (χ0v) is 14.3. The summed E-state index contributed by atoms with van der Waals surface area (Å²) >= 11 is 0. The molecule has 3 heterocycles. The van der Waals surface area contributed by atoms with E-state index in [1.165, 1.54) is 12.8 Å². The van der Waals surface area contributed by atoms with Gasteiger partial charge >= 0.3 is 0 Å². The van der Waals surface area contributed by atoms with E-state index in [4.69, 9.17) is 4.74 Å².